The van der Waals surface area contributed by atoms with E-state index in [1.165, 1.54) is 49.6 Å². The molecule has 16 rings (SSSR count). The number of hydrogen-bond acceptors (Lipinski definition) is 2. The van der Waals surface area contributed by atoms with Crippen molar-refractivity contribution in [3.63, 3.8) is 0 Å². The van der Waals surface area contributed by atoms with Gasteiger partial charge in [0, 0.05) is 44.1 Å². The molecule has 88 heavy (non-hydrogen) atoms. The van der Waals surface area contributed by atoms with Crippen LogP contribution in [0.5, 0.6) is 0 Å². The molecule has 3 nitrogen and oxygen atoms in total. The SMILES string of the molecule is CC1(C)c2ccccc2-c2cc3c4ccccc4n(-c4ccc(-c5c(-c6ccccc6)cc(-c6cc(-c7cc(-c8ccccc8)nc(-c8ccccc8)c7)cc(-c7cc(-c8ccccc8)nc(-c8ccccc8)c7)c6)cc5-c5ccccc5)cc4)c3cc21. The molecule has 1 aliphatic carbocycles. The van der Waals surface area contributed by atoms with Crippen LogP contribution in [0.3, 0.4) is 0 Å². The average Bonchev–Trinajstić information content (AvgIpc) is 1.73. The number of rotatable bonds is 11. The van der Waals surface area contributed by atoms with Crippen molar-refractivity contribution in [3.8, 4) is 129 Å². The van der Waals surface area contributed by atoms with Crippen LogP contribution < -0.4 is 0 Å². The summed E-state index contributed by atoms with van der Waals surface area (Å²) in [5.41, 5.74) is 30.1. The van der Waals surface area contributed by atoms with Crippen molar-refractivity contribution in [1.82, 2.24) is 14.5 Å². The van der Waals surface area contributed by atoms with E-state index in [0.717, 1.165) is 112 Å². The summed E-state index contributed by atoms with van der Waals surface area (Å²) in [4.78, 5) is 10.7. The topological polar surface area (TPSA) is 30.7 Å². The number of para-hydroxylation sites is 1. The van der Waals surface area contributed by atoms with Gasteiger partial charge in [0.25, 0.3) is 0 Å². The highest BCUT2D eigenvalue weighted by molar-refractivity contribution is 6.12. The Morgan fingerprint density at radius 2 is 0.614 bits per heavy atom. The Kier molecular flexibility index (Phi) is 12.9. The molecule has 0 bridgehead atoms. The summed E-state index contributed by atoms with van der Waals surface area (Å²) in [6, 6.07) is 117. The first-order chi connectivity index (χ1) is 43.4. The van der Waals surface area contributed by atoms with Crippen LogP contribution in [-0.4, -0.2) is 14.5 Å². The number of nitrogens with zero attached hydrogens (tertiary/aromatic N) is 3. The molecule has 0 atom stereocenters. The fraction of sp³-hybridized carbons (Fsp3) is 0.0353. The van der Waals surface area contributed by atoms with Gasteiger partial charge < -0.3 is 4.57 Å². The summed E-state index contributed by atoms with van der Waals surface area (Å²) in [7, 11) is 0. The second-order valence-electron chi connectivity index (χ2n) is 23.7. The molecule has 0 radical (unpaired) electrons. The van der Waals surface area contributed by atoms with E-state index in [4.69, 9.17) is 9.97 Å². The second kappa shape index (κ2) is 21.7. The van der Waals surface area contributed by atoms with E-state index in [-0.39, 0.29) is 5.41 Å². The third kappa shape index (κ3) is 9.33. The second-order valence-corrected chi connectivity index (χ2v) is 23.7. The summed E-state index contributed by atoms with van der Waals surface area (Å²) in [5, 5.41) is 2.52. The first kappa shape index (κ1) is 52.3. The normalized spacial score (nSPS) is 12.3. The quantitative estimate of drug-likeness (QED) is 0.129. The number of benzene rings is 12. The average molecular weight is 1120 g/mol. The maximum atomic E-state index is 5.34. The Labute approximate surface area is 513 Å². The summed E-state index contributed by atoms with van der Waals surface area (Å²) in [5.74, 6) is 0. The molecule has 15 aromatic rings. The fourth-order valence-electron chi connectivity index (χ4n) is 13.6. The first-order valence-corrected chi connectivity index (χ1v) is 30.4. The highest BCUT2D eigenvalue weighted by Crippen LogP contribution is 2.52. The van der Waals surface area contributed by atoms with Crippen LogP contribution in [0.25, 0.3) is 150 Å². The molecular weight excluding hydrogens is 1060 g/mol. The van der Waals surface area contributed by atoms with E-state index in [1.54, 1.807) is 0 Å². The third-order valence-electron chi connectivity index (χ3n) is 18.0. The van der Waals surface area contributed by atoms with Gasteiger partial charge in [0.1, 0.15) is 0 Å². The molecule has 0 saturated carbocycles. The zero-order chi connectivity index (χ0) is 58.7. The molecule has 0 aliphatic heterocycles. The molecule has 414 valence electrons. The minimum Gasteiger partial charge on any atom is -0.309 e. The maximum Gasteiger partial charge on any atom is 0.0715 e. The Morgan fingerprint density at radius 3 is 1.07 bits per heavy atom. The zero-order valence-corrected chi connectivity index (χ0v) is 48.9. The van der Waals surface area contributed by atoms with Gasteiger partial charge in [0.05, 0.1) is 33.8 Å². The summed E-state index contributed by atoms with van der Waals surface area (Å²) < 4.78 is 2.47. The van der Waals surface area contributed by atoms with Crippen molar-refractivity contribution in [2.24, 2.45) is 0 Å². The van der Waals surface area contributed by atoms with Crippen molar-refractivity contribution in [1.29, 1.82) is 0 Å². The molecule has 0 fully saturated rings. The Balaban J connectivity index is 0.917. The van der Waals surface area contributed by atoms with Crippen LogP contribution in [0, 0.1) is 0 Å². The Morgan fingerprint density at radius 1 is 0.239 bits per heavy atom. The molecule has 0 N–H and O–H groups in total. The third-order valence-corrected chi connectivity index (χ3v) is 18.0. The van der Waals surface area contributed by atoms with Gasteiger partial charge in [-0.15, -0.1) is 0 Å². The van der Waals surface area contributed by atoms with Crippen molar-refractivity contribution in [2.45, 2.75) is 19.3 Å². The maximum absolute atomic E-state index is 5.34. The van der Waals surface area contributed by atoms with Crippen LogP contribution in [0.4, 0.5) is 0 Å². The lowest BCUT2D eigenvalue weighted by molar-refractivity contribution is 0.661. The smallest absolute Gasteiger partial charge is 0.0715 e. The van der Waals surface area contributed by atoms with Crippen LogP contribution in [0.2, 0.25) is 0 Å². The molecule has 3 heteroatoms. The van der Waals surface area contributed by atoms with E-state index in [2.05, 4.69) is 340 Å². The molecule has 0 saturated heterocycles. The van der Waals surface area contributed by atoms with Crippen molar-refractivity contribution in [3.05, 3.63) is 333 Å². The minimum atomic E-state index is -0.129. The van der Waals surface area contributed by atoms with E-state index >= 15 is 0 Å². The summed E-state index contributed by atoms with van der Waals surface area (Å²) in [6.45, 7) is 4.74. The van der Waals surface area contributed by atoms with Crippen LogP contribution in [-0.2, 0) is 5.41 Å². The van der Waals surface area contributed by atoms with E-state index in [9.17, 15) is 0 Å². The van der Waals surface area contributed by atoms with Gasteiger partial charge in [-0.05, 0) is 174 Å². The number of fused-ring (bicyclic) bond motifs is 6. The fourth-order valence-corrected chi connectivity index (χ4v) is 13.6. The van der Waals surface area contributed by atoms with Gasteiger partial charge in [-0.3, -0.25) is 0 Å². The van der Waals surface area contributed by atoms with Crippen molar-refractivity contribution < 1.29 is 0 Å². The Hall–Kier alpha value is -11.3. The largest absolute Gasteiger partial charge is 0.309 e. The van der Waals surface area contributed by atoms with Crippen molar-refractivity contribution in [2.75, 3.05) is 0 Å². The van der Waals surface area contributed by atoms with E-state index in [0.29, 0.717) is 0 Å². The molecule has 0 spiro atoms. The molecule has 3 heterocycles. The van der Waals surface area contributed by atoms with Gasteiger partial charge in [0.15, 0.2) is 0 Å². The van der Waals surface area contributed by atoms with Gasteiger partial charge in [-0.1, -0.05) is 250 Å². The lowest BCUT2D eigenvalue weighted by atomic mass is 9.82. The Bertz CT molecular complexity index is 4790. The molecule has 1 aliphatic rings. The summed E-state index contributed by atoms with van der Waals surface area (Å²) >= 11 is 0. The van der Waals surface area contributed by atoms with E-state index in [1.807, 2.05) is 0 Å². The number of pyridine rings is 2. The van der Waals surface area contributed by atoms with Crippen LogP contribution in [0.1, 0.15) is 25.0 Å². The van der Waals surface area contributed by atoms with Crippen LogP contribution in [0.15, 0.2) is 322 Å². The van der Waals surface area contributed by atoms with Gasteiger partial charge in [-0.2, -0.15) is 0 Å². The minimum absolute atomic E-state index is 0.129. The molecule has 0 amide bonds. The molecule has 3 aromatic heterocycles. The predicted molar refractivity (Wildman–Crippen MR) is 368 cm³/mol. The zero-order valence-electron chi connectivity index (χ0n) is 48.9. The van der Waals surface area contributed by atoms with Crippen molar-refractivity contribution >= 4 is 21.8 Å². The monoisotopic (exact) mass is 1120 g/mol. The molecular formula is C85H59N3. The van der Waals surface area contributed by atoms with Gasteiger partial charge >= 0.3 is 0 Å². The highest BCUT2D eigenvalue weighted by atomic mass is 15.0. The van der Waals surface area contributed by atoms with Crippen LogP contribution >= 0.6 is 0 Å². The number of aromatic nitrogens is 3. The lowest BCUT2D eigenvalue weighted by Crippen LogP contribution is -2.14. The van der Waals surface area contributed by atoms with E-state index < -0.39 is 0 Å². The molecule has 0 unspecified atom stereocenters. The molecule has 12 aromatic carbocycles. The predicted octanol–water partition coefficient (Wildman–Crippen LogP) is 22.6. The van der Waals surface area contributed by atoms with Gasteiger partial charge in [0.2, 0.25) is 0 Å². The highest BCUT2D eigenvalue weighted by Gasteiger charge is 2.36. The summed E-state index contributed by atoms with van der Waals surface area (Å²) in [6.07, 6.45) is 0. The number of hydrogen-bond donors (Lipinski definition) is 0. The lowest BCUT2D eigenvalue weighted by Gasteiger charge is -2.22. The standard InChI is InChI=1S/C85H59N3/c1-85(2)76-39-23-21-37-70(76)74-54-75-71-38-22-24-40-82(71)88(83(75)55-77(74)85)69-43-41-62(42-44-69)84-72(56-25-9-3-10-26-56)48-66(49-73(84)57-27-11-4-12-28-57)63-45-64(67-50-78(58-29-13-5-14-30-58)86-79(51-67)59-31-15-6-16-32-59)47-65(46-63)68-52-80(60-33-17-7-18-34-60)87-81(53-68)61-35-19-8-20-36-61/h3-55H,1-2H3. The van der Waals surface area contributed by atoms with Gasteiger partial charge in [-0.25, -0.2) is 9.97 Å². The first-order valence-electron chi connectivity index (χ1n) is 30.4.